The van der Waals surface area contributed by atoms with Gasteiger partial charge in [0, 0.05) is 12.2 Å². The lowest BCUT2D eigenvalue weighted by Gasteiger charge is -2.30. The zero-order valence-electron chi connectivity index (χ0n) is 14.0. The summed E-state index contributed by atoms with van der Waals surface area (Å²) in [6.45, 7) is 6.26. The molecule has 0 bridgehead atoms. The van der Waals surface area contributed by atoms with Crippen LogP contribution in [0.2, 0.25) is 0 Å². The Labute approximate surface area is 142 Å². The van der Waals surface area contributed by atoms with Gasteiger partial charge in [-0.2, -0.15) is 0 Å². The second kappa shape index (κ2) is 7.90. The van der Waals surface area contributed by atoms with Crippen molar-refractivity contribution in [2.45, 2.75) is 63.7 Å². The lowest BCUT2D eigenvalue weighted by atomic mass is 9.86. The average Bonchev–Trinajstić information content (AvgIpc) is 2.46. The van der Waals surface area contributed by atoms with Crippen LogP contribution in [-0.2, 0) is 9.47 Å². The minimum absolute atomic E-state index is 0.190. The topological polar surface area (TPSA) is 72.0 Å². The Morgan fingerprint density at radius 3 is 2.65 bits per heavy atom. The fourth-order valence-corrected chi connectivity index (χ4v) is 2.73. The summed E-state index contributed by atoms with van der Waals surface area (Å²) in [4.78, 5) is 15.8. The lowest BCUT2D eigenvalue weighted by molar-refractivity contribution is 0.0479. The number of hydrogen-bond acceptors (Lipinski definition) is 5. The Hall–Kier alpha value is -1.43. The number of nitrogens with one attached hydrogen (secondary N) is 2. The van der Waals surface area contributed by atoms with Gasteiger partial charge < -0.3 is 20.1 Å². The Balaban J connectivity index is 1.64. The van der Waals surface area contributed by atoms with Crippen molar-refractivity contribution in [3.05, 3.63) is 12.0 Å². The zero-order chi connectivity index (χ0) is 16.9. The number of alkyl halides is 1. The van der Waals surface area contributed by atoms with Gasteiger partial charge in [0.25, 0.3) is 0 Å². The van der Waals surface area contributed by atoms with Crippen molar-refractivity contribution in [3.63, 3.8) is 0 Å². The number of rotatable bonds is 4. The van der Waals surface area contributed by atoms with Gasteiger partial charge in [-0.15, -0.1) is 0 Å². The SMILES string of the molecule is CC(C)(C)OC(=O)NC1CCC(COC2=CNC(Cl)N=C2)CC1. The average molecular weight is 344 g/mol. The number of hydrogen-bond donors (Lipinski definition) is 2. The molecule has 1 atom stereocenters. The Kier molecular flexibility index (Phi) is 6.16. The van der Waals surface area contributed by atoms with Crippen LogP contribution in [0.25, 0.3) is 0 Å². The summed E-state index contributed by atoms with van der Waals surface area (Å²) in [5, 5.41) is 5.83. The number of aliphatic imine (C=N–C) groups is 1. The number of halogens is 1. The molecule has 2 aliphatic rings. The lowest BCUT2D eigenvalue weighted by Crippen LogP contribution is -2.41. The molecule has 1 aliphatic carbocycles. The zero-order valence-corrected chi connectivity index (χ0v) is 14.7. The quantitative estimate of drug-likeness (QED) is 0.607. The van der Waals surface area contributed by atoms with Crippen LogP contribution in [0.15, 0.2) is 17.0 Å². The van der Waals surface area contributed by atoms with E-state index in [1.54, 1.807) is 12.4 Å². The number of allylic oxidation sites excluding steroid dienone is 1. The van der Waals surface area contributed by atoms with E-state index in [1.165, 1.54) is 0 Å². The van der Waals surface area contributed by atoms with Gasteiger partial charge in [-0.3, -0.25) is 0 Å². The van der Waals surface area contributed by atoms with Crippen LogP contribution < -0.4 is 10.6 Å². The number of nitrogens with zero attached hydrogens (tertiary/aromatic N) is 1. The molecule has 7 heteroatoms. The molecule has 1 heterocycles. The Bertz CT molecular complexity index is 466. The van der Waals surface area contributed by atoms with Crippen LogP contribution in [0.1, 0.15) is 46.5 Å². The molecule has 0 aromatic carbocycles. The molecule has 0 radical (unpaired) electrons. The molecule has 2 rings (SSSR count). The highest BCUT2D eigenvalue weighted by atomic mass is 35.5. The molecule has 6 nitrogen and oxygen atoms in total. The molecule has 0 saturated heterocycles. The molecule has 2 N–H and O–H groups in total. The smallest absolute Gasteiger partial charge is 0.407 e. The number of alkyl carbamates (subject to hydrolysis) is 1. The van der Waals surface area contributed by atoms with Crippen LogP contribution in [-0.4, -0.2) is 36.2 Å². The van der Waals surface area contributed by atoms with Gasteiger partial charge in [0.2, 0.25) is 0 Å². The summed E-state index contributed by atoms with van der Waals surface area (Å²) in [5.74, 6) is 1.20. The maximum absolute atomic E-state index is 11.8. The highest BCUT2D eigenvalue weighted by molar-refractivity contribution is 6.20. The summed E-state index contributed by atoms with van der Waals surface area (Å²) in [6, 6.07) is 0.190. The first-order valence-corrected chi connectivity index (χ1v) is 8.51. The fourth-order valence-electron chi connectivity index (χ4n) is 2.61. The summed E-state index contributed by atoms with van der Waals surface area (Å²) in [7, 11) is 0. The van der Waals surface area contributed by atoms with Crippen LogP contribution in [0, 0.1) is 5.92 Å². The third-order valence-corrected chi connectivity index (χ3v) is 3.99. The molecule has 0 spiro atoms. The first-order valence-electron chi connectivity index (χ1n) is 8.07. The summed E-state index contributed by atoms with van der Waals surface area (Å²) < 4.78 is 11.0. The van der Waals surface area contributed by atoms with E-state index in [0.29, 0.717) is 18.3 Å². The van der Waals surface area contributed by atoms with Crippen LogP contribution >= 0.6 is 11.6 Å². The van der Waals surface area contributed by atoms with Gasteiger partial charge in [0.1, 0.15) is 5.60 Å². The molecule has 1 fully saturated rings. The largest absolute Gasteiger partial charge is 0.490 e. The molecule has 0 aromatic rings. The van der Waals surface area contributed by atoms with Gasteiger partial charge in [0.05, 0.1) is 12.8 Å². The van der Waals surface area contributed by atoms with E-state index in [1.807, 2.05) is 20.8 Å². The number of carbonyl (C=O) groups is 1. The molecule has 1 aliphatic heterocycles. The normalized spacial score (nSPS) is 27.7. The van der Waals surface area contributed by atoms with E-state index < -0.39 is 11.2 Å². The molecule has 1 amide bonds. The first-order chi connectivity index (χ1) is 10.8. The Morgan fingerprint density at radius 1 is 1.39 bits per heavy atom. The number of ether oxygens (including phenoxy) is 2. The van der Waals surface area contributed by atoms with E-state index in [-0.39, 0.29) is 12.1 Å². The van der Waals surface area contributed by atoms with E-state index in [2.05, 4.69) is 15.6 Å². The molecule has 1 saturated carbocycles. The van der Waals surface area contributed by atoms with Gasteiger partial charge in [-0.05, 0) is 52.4 Å². The standard InChI is InChI=1S/C16H26ClN3O3/c1-16(2,3)23-15(21)20-12-6-4-11(5-7-12)10-22-13-8-18-14(17)19-9-13/h8-9,11-12,14,18H,4-7,10H2,1-3H3,(H,20,21). The second-order valence-corrected chi connectivity index (χ2v) is 7.42. The molecule has 130 valence electrons. The predicted octanol–water partition coefficient (Wildman–Crippen LogP) is 3.12. The Morgan fingerprint density at radius 2 is 2.09 bits per heavy atom. The van der Waals surface area contributed by atoms with E-state index >= 15 is 0 Å². The summed E-state index contributed by atoms with van der Waals surface area (Å²) in [5.41, 5.74) is -0.864. The monoisotopic (exact) mass is 343 g/mol. The summed E-state index contributed by atoms with van der Waals surface area (Å²) >= 11 is 5.77. The second-order valence-electron chi connectivity index (χ2n) is 7.00. The van der Waals surface area contributed by atoms with Gasteiger partial charge in [0.15, 0.2) is 11.4 Å². The van der Waals surface area contributed by atoms with Crippen molar-refractivity contribution in [1.82, 2.24) is 10.6 Å². The van der Waals surface area contributed by atoms with Crippen LogP contribution in [0.5, 0.6) is 0 Å². The maximum Gasteiger partial charge on any atom is 0.407 e. The summed E-state index contributed by atoms with van der Waals surface area (Å²) in [6.07, 6.45) is 6.99. The minimum atomic E-state index is -0.458. The van der Waals surface area contributed by atoms with Crippen molar-refractivity contribution < 1.29 is 14.3 Å². The highest BCUT2D eigenvalue weighted by Crippen LogP contribution is 2.25. The molecule has 1 unspecified atom stereocenters. The van der Waals surface area contributed by atoms with Crippen molar-refractivity contribution in [1.29, 1.82) is 0 Å². The van der Waals surface area contributed by atoms with Crippen LogP contribution in [0.4, 0.5) is 4.79 Å². The van der Waals surface area contributed by atoms with E-state index in [0.717, 1.165) is 25.7 Å². The minimum Gasteiger partial charge on any atom is -0.490 e. The highest BCUT2D eigenvalue weighted by Gasteiger charge is 2.25. The van der Waals surface area contributed by atoms with Crippen LogP contribution in [0.3, 0.4) is 0 Å². The van der Waals surface area contributed by atoms with E-state index in [9.17, 15) is 4.79 Å². The van der Waals surface area contributed by atoms with Gasteiger partial charge in [-0.25, -0.2) is 9.79 Å². The third kappa shape index (κ3) is 6.69. The molecule has 0 aromatic heterocycles. The molecular weight excluding hydrogens is 318 g/mol. The number of carbonyl (C=O) groups excluding carboxylic acids is 1. The molecule has 23 heavy (non-hydrogen) atoms. The van der Waals surface area contributed by atoms with Crippen molar-refractivity contribution in [2.75, 3.05) is 6.61 Å². The maximum atomic E-state index is 11.8. The van der Waals surface area contributed by atoms with Crippen molar-refractivity contribution >= 4 is 23.9 Å². The predicted molar refractivity (Wildman–Crippen MR) is 90.4 cm³/mol. The van der Waals surface area contributed by atoms with Gasteiger partial charge in [-0.1, -0.05) is 11.6 Å². The fraction of sp³-hybridized carbons (Fsp3) is 0.750. The van der Waals surface area contributed by atoms with E-state index in [4.69, 9.17) is 21.1 Å². The van der Waals surface area contributed by atoms with Crippen molar-refractivity contribution in [2.24, 2.45) is 10.9 Å². The number of amides is 1. The first kappa shape index (κ1) is 17.9. The third-order valence-electron chi connectivity index (χ3n) is 3.75. The van der Waals surface area contributed by atoms with Crippen molar-refractivity contribution in [3.8, 4) is 0 Å². The molecular formula is C16H26ClN3O3. The van der Waals surface area contributed by atoms with Gasteiger partial charge >= 0.3 is 6.09 Å².